The van der Waals surface area contributed by atoms with Gasteiger partial charge in [0.1, 0.15) is 4.90 Å². The molecule has 1 aliphatic rings. The minimum atomic E-state index is -3.37. The highest BCUT2D eigenvalue weighted by molar-refractivity contribution is 7.89. The Morgan fingerprint density at radius 2 is 2.21 bits per heavy atom. The lowest BCUT2D eigenvalue weighted by atomic mass is 9.96. The number of sulfonamides is 1. The zero-order chi connectivity index (χ0) is 14.2. The third-order valence-corrected chi connectivity index (χ3v) is 7.25. The molecule has 1 aromatic heterocycles. The summed E-state index contributed by atoms with van der Waals surface area (Å²) in [6.07, 6.45) is 0.956. The van der Waals surface area contributed by atoms with Crippen LogP contribution in [0.5, 0.6) is 0 Å². The molecule has 2 heterocycles. The van der Waals surface area contributed by atoms with E-state index in [9.17, 15) is 8.42 Å². The fraction of sp³-hybridized carbons (Fsp3) is 0.692. The van der Waals surface area contributed by atoms with Gasteiger partial charge in [-0.05, 0) is 36.1 Å². The first-order valence-electron chi connectivity index (χ1n) is 6.65. The van der Waals surface area contributed by atoms with Crippen LogP contribution in [-0.4, -0.2) is 25.8 Å². The second-order valence-electron chi connectivity index (χ2n) is 5.53. The standard InChI is InChI=1S/C13H22N2O2S2/c1-9(2)11-4-5-15(7-11)19(16,17)13-10(3)8-18-12(13)6-14/h8-9,11H,4-7,14H2,1-3H3. The molecule has 0 aromatic carbocycles. The Bertz CT molecular complexity index is 549. The van der Waals surface area contributed by atoms with Crippen LogP contribution in [0.3, 0.4) is 0 Å². The number of aryl methyl sites for hydroxylation is 1. The Hall–Kier alpha value is -0.430. The maximum absolute atomic E-state index is 12.7. The van der Waals surface area contributed by atoms with E-state index < -0.39 is 10.0 Å². The molecule has 1 fully saturated rings. The molecule has 19 heavy (non-hydrogen) atoms. The molecule has 1 aliphatic heterocycles. The van der Waals surface area contributed by atoms with Gasteiger partial charge in [0.05, 0.1) is 0 Å². The average Bonchev–Trinajstić information content (AvgIpc) is 2.95. The second-order valence-corrected chi connectivity index (χ2v) is 8.37. The number of nitrogens with zero attached hydrogens (tertiary/aromatic N) is 1. The lowest BCUT2D eigenvalue weighted by molar-refractivity contribution is 0.388. The predicted octanol–water partition coefficient (Wildman–Crippen LogP) is 2.18. The Labute approximate surface area is 119 Å². The van der Waals surface area contributed by atoms with Crippen molar-refractivity contribution in [1.82, 2.24) is 4.31 Å². The third kappa shape index (κ3) is 2.72. The van der Waals surface area contributed by atoms with Gasteiger partial charge in [-0.1, -0.05) is 13.8 Å². The summed E-state index contributed by atoms with van der Waals surface area (Å²) in [6.45, 7) is 7.71. The van der Waals surface area contributed by atoms with Gasteiger partial charge in [0, 0.05) is 24.5 Å². The molecule has 2 N–H and O–H groups in total. The molecule has 1 saturated heterocycles. The zero-order valence-electron chi connectivity index (χ0n) is 11.7. The van der Waals surface area contributed by atoms with E-state index in [0.29, 0.717) is 29.8 Å². The van der Waals surface area contributed by atoms with Crippen molar-refractivity contribution in [2.24, 2.45) is 17.6 Å². The second kappa shape index (κ2) is 5.52. The molecule has 0 aliphatic carbocycles. The van der Waals surface area contributed by atoms with Gasteiger partial charge in [-0.15, -0.1) is 11.3 Å². The van der Waals surface area contributed by atoms with E-state index in [1.807, 2.05) is 12.3 Å². The summed E-state index contributed by atoms with van der Waals surface area (Å²) < 4.78 is 27.1. The minimum absolute atomic E-state index is 0.286. The summed E-state index contributed by atoms with van der Waals surface area (Å²) in [5, 5.41) is 1.88. The van der Waals surface area contributed by atoms with Crippen molar-refractivity contribution in [2.45, 2.75) is 38.6 Å². The van der Waals surface area contributed by atoms with E-state index in [4.69, 9.17) is 5.73 Å². The molecule has 0 radical (unpaired) electrons. The SMILES string of the molecule is Cc1csc(CN)c1S(=O)(=O)N1CCC(C(C)C)C1. The molecular formula is C13H22N2O2S2. The largest absolute Gasteiger partial charge is 0.326 e. The van der Waals surface area contributed by atoms with Gasteiger partial charge in [-0.25, -0.2) is 8.42 Å². The van der Waals surface area contributed by atoms with Crippen LogP contribution in [0, 0.1) is 18.8 Å². The molecule has 0 saturated carbocycles. The minimum Gasteiger partial charge on any atom is -0.326 e. The smallest absolute Gasteiger partial charge is 0.244 e. The number of hydrogen-bond donors (Lipinski definition) is 1. The summed E-state index contributed by atoms with van der Waals surface area (Å²) >= 11 is 1.44. The van der Waals surface area contributed by atoms with Crippen molar-refractivity contribution in [3.8, 4) is 0 Å². The molecule has 1 unspecified atom stereocenters. The monoisotopic (exact) mass is 302 g/mol. The van der Waals surface area contributed by atoms with Crippen molar-refractivity contribution in [3.05, 3.63) is 15.8 Å². The van der Waals surface area contributed by atoms with E-state index >= 15 is 0 Å². The van der Waals surface area contributed by atoms with E-state index in [-0.39, 0.29) is 6.54 Å². The van der Waals surface area contributed by atoms with Gasteiger partial charge in [0.15, 0.2) is 0 Å². The first kappa shape index (κ1) is 15.0. The van der Waals surface area contributed by atoms with Crippen molar-refractivity contribution in [2.75, 3.05) is 13.1 Å². The van der Waals surface area contributed by atoms with Crippen molar-refractivity contribution >= 4 is 21.4 Å². The van der Waals surface area contributed by atoms with Crippen molar-refractivity contribution in [1.29, 1.82) is 0 Å². The van der Waals surface area contributed by atoms with Crippen LogP contribution in [0.15, 0.2) is 10.3 Å². The van der Waals surface area contributed by atoms with Gasteiger partial charge >= 0.3 is 0 Å². The summed E-state index contributed by atoms with van der Waals surface area (Å²) in [6, 6.07) is 0. The summed E-state index contributed by atoms with van der Waals surface area (Å²) in [4.78, 5) is 1.22. The summed E-state index contributed by atoms with van der Waals surface area (Å²) in [5.41, 5.74) is 6.48. The molecule has 0 spiro atoms. The molecule has 1 aromatic rings. The Morgan fingerprint density at radius 1 is 1.53 bits per heavy atom. The van der Waals surface area contributed by atoms with Crippen molar-refractivity contribution in [3.63, 3.8) is 0 Å². The molecular weight excluding hydrogens is 280 g/mol. The van der Waals surface area contributed by atoms with Crippen LogP contribution < -0.4 is 5.73 Å². The normalized spacial score (nSPS) is 21.4. The number of thiophene rings is 1. The molecule has 0 amide bonds. The van der Waals surface area contributed by atoms with E-state index in [0.717, 1.165) is 16.9 Å². The summed E-state index contributed by atoms with van der Waals surface area (Å²) in [7, 11) is -3.37. The molecule has 4 nitrogen and oxygen atoms in total. The maximum Gasteiger partial charge on any atom is 0.244 e. The highest BCUT2D eigenvalue weighted by Crippen LogP contribution is 2.33. The van der Waals surface area contributed by atoms with Gasteiger partial charge in [-0.2, -0.15) is 4.31 Å². The van der Waals surface area contributed by atoms with E-state index in [1.54, 1.807) is 4.31 Å². The number of nitrogens with two attached hydrogens (primary N) is 1. The fourth-order valence-electron chi connectivity index (χ4n) is 2.62. The van der Waals surface area contributed by atoms with Gasteiger partial charge in [-0.3, -0.25) is 0 Å². The summed E-state index contributed by atoms with van der Waals surface area (Å²) in [5.74, 6) is 0.993. The molecule has 1 atom stereocenters. The van der Waals surface area contributed by atoms with Crippen LogP contribution in [0.1, 0.15) is 30.7 Å². The predicted molar refractivity (Wildman–Crippen MR) is 78.7 cm³/mol. The van der Waals surface area contributed by atoms with E-state index in [1.165, 1.54) is 11.3 Å². The van der Waals surface area contributed by atoms with Crippen LogP contribution in [0.25, 0.3) is 0 Å². The molecule has 6 heteroatoms. The Balaban J connectivity index is 2.31. The third-order valence-electron chi connectivity index (χ3n) is 3.90. The highest BCUT2D eigenvalue weighted by Gasteiger charge is 2.35. The molecule has 0 bridgehead atoms. The lowest BCUT2D eigenvalue weighted by Gasteiger charge is -2.19. The fourth-order valence-corrected chi connectivity index (χ4v) is 5.78. The molecule has 2 rings (SSSR count). The van der Waals surface area contributed by atoms with E-state index in [2.05, 4.69) is 13.8 Å². The van der Waals surface area contributed by atoms with Gasteiger partial charge in [0.25, 0.3) is 0 Å². The first-order valence-corrected chi connectivity index (χ1v) is 8.97. The maximum atomic E-state index is 12.7. The lowest BCUT2D eigenvalue weighted by Crippen LogP contribution is -2.30. The van der Waals surface area contributed by atoms with Crippen LogP contribution in [0.4, 0.5) is 0 Å². The van der Waals surface area contributed by atoms with Crippen LogP contribution in [0.2, 0.25) is 0 Å². The topological polar surface area (TPSA) is 63.4 Å². The average molecular weight is 302 g/mol. The van der Waals surface area contributed by atoms with Crippen LogP contribution >= 0.6 is 11.3 Å². The quantitative estimate of drug-likeness (QED) is 0.927. The number of rotatable bonds is 4. The Kier molecular flexibility index (Phi) is 4.35. The molecule has 108 valence electrons. The van der Waals surface area contributed by atoms with Gasteiger partial charge in [0.2, 0.25) is 10.0 Å². The van der Waals surface area contributed by atoms with Crippen molar-refractivity contribution < 1.29 is 8.42 Å². The van der Waals surface area contributed by atoms with Crippen LogP contribution in [-0.2, 0) is 16.6 Å². The Morgan fingerprint density at radius 3 is 2.74 bits per heavy atom. The highest BCUT2D eigenvalue weighted by atomic mass is 32.2. The number of hydrogen-bond acceptors (Lipinski definition) is 4. The first-order chi connectivity index (χ1) is 8.87. The van der Waals surface area contributed by atoms with Gasteiger partial charge < -0.3 is 5.73 Å². The zero-order valence-corrected chi connectivity index (χ0v) is 13.4.